The molecule has 1 aliphatic rings. The molecule has 0 fully saturated rings. The molecule has 0 bridgehead atoms. The number of carboxylic acid groups (broad SMARTS) is 1. The summed E-state index contributed by atoms with van der Waals surface area (Å²) in [7, 11) is 0. The van der Waals surface area contributed by atoms with Gasteiger partial charge in [0, 0.05) is 4.90 Å². The number of nitrogens with one attached hydrogen (secondary N) is 1. The highest BCUT2D eigenvalue weighted by atomic mass is 32.2. The Kier molecular flexibility index (Phi) is 3.11. The zero-order valence-electron chi connectivity index (χ0n) is 10.5. The molecule has 18 heavy (non-hydrogen) atoms. The van der Waals surface area contributed by atoms with Crippen LogP contribution in [0.1, 0.15) is 26.3 Å². The Morgan fingerprint density at radius 3 is 2.72 bits per heavy atom. The van der Waals surface area contributed by atoms with E-state index in [1.807, 2.05) is 13.0 Å². The fourth-order valence-electron chi connectivity index (χ4n) is 1.71. The third kappa shape index (κ3) is 2.10. The lowest BCUT2D eigenvalue weighted by Crippen LogP contribution is -2.30. The molecule has 2 N–H and O–H groups in total. The minimum atomic E-state index is -0.930. The largest absolute Gasteiger partial charge is 0.481 e. The highest BCUT2D eigenvalue weighted by molar-refractivity contribution is 8.00. The molecule has 5 heteroatoms. The molecule has 1 amide bonds. The summed E-state index contributed by atoms with van der Waals surface area (Å²) in [5.74, 6) is -0.877. The summed E-state index contributed by atoms with van der Waals surface area (Å²) < 4.78 is 0. The van der Waals surface area contributed by atoms with Gasteiger partial charge in [0.25, 0.3) is 0 Å². The number of carboxylic acids is 1. The smallest absolute Gasteiger partial charge is 0.313 e. The lowest BCUT2D eigenvalue weighted by atomic mass is 9.85. The molecule has 0 radical (unpaired) electrons. The third-order valence-corrected chi connectivity index (χ3v) is 4.33. The van der Waals surface area contributed by atoms with Crippen LogP contribution in [0.25, 0.3) is 0 Å². The number of rotatable bonds is 2. The van der Waals surface area contributed by atoms with Gasteiger partial charge in [-0.25, -0.2) is 0 Å². The topological polar surface area (TPSA) is 66.4 Å². The normalized spacial score (nSPS) is 19.1. The number of thioether (sulfide) groups is 1. The van der Waals surface area contributed by atoms with E-state index >= 15 is 0 Å². The van der Waals surface area contributed by atoms with Gasteiger partial charge in [0.15, 0.2) is 0 Å². The molecule has 0 aromatic heterocycles. The Morgan fingerprint density at radius 2 is 2.11 bits per heavy atom. The first kappa shape index (κ1) is 13.0. The van der Waals surface area contributed by atoms with E-state index in [1.165, 1.54) is 11.8 Å². The Hall–Kier alpha value is -1.49. The van der Waals surface area contributed by atoms with Crippen molar-refractivity contribution in [2.75, 3.05) is 5.32 Å². The number of anilines is 1. The van der Waals surface area contributed by atoms with E-state index in [0.29, 0.717) is 0 Å². The van der Waals surface area contributed by atoms with Crippen molar-refractivity contribution in [2.45, 2.75) is 36.3 Å². The molecule has 1 heterocycles. The second-order valence-electron chi connectivity index (χ2n) is 4.89. The van der Waals surface area contributed by atoms with Gasteiger partial charge in [-0.3, -0.25) is 9.59 Å². The van der Waals surface area contributed by atoms with Crippen LogP contribution in [0.4, 0.5) is 5.69 Å². The second kappa shape index (κ2) is 4.31. The van der Waals surface area contributed by atoms with Crippen LogP contribution in [0.15, 0.2) is 23.1 Å². The summed E-state index contributed by atoms with van der Waals surface area (Å²) in [5.41, 5.74) is 0.568. The van der Waals surface area contributed by atoms with Crippen molar-refractivity contribution in [3.05, 3.63) is 23.8 Å². The minimum Gasteiger partial charge on any atom is -0.481 e. The number of carbonyl (C=O) groups excluding carboxylic acids is 1. The maximum absolute atomic E-state index is 11.5. The number of amides is 1. The van der Waals surface area contributed by atoms with Crippen LogP contribution < -0.4 is 5.32 Å². The van der Waals surface area contributed by atoms with Crippen molar-refractivity contribution in [3.8, 4) is 0 Å². The van der Waals surface area contributed by atoms with Gasteiger partial charge in [-0.2, -0.15) is 0 Å². The highest BCUT2D eigenvalue weighted by Crippen LogP contribution is 2.38. The van der Waals surface area contributed by atoms with Crippen molar-refractivity contribution in [2.24, 2.45) is 0 Å². The van der Waals surface area contributed by atoms with E-state index < -0.39 is 11.4 Å². The zero-order valence-corrected chi connectivity index (χ0v) is 11.3. The van der Waals surface area contributed by atoms with Gasteiger partial charge in [0.2, 0.25) is 5.91 Å². The predicted molar refractivity (Wildman–Crippen MR) is 71.1 cm³/mol. The quantitative estimate of drug-likeness (QED) is 0.862. The van der Waals surface area contributed by atoms with Crippen LogP contribution in [0.3, 0.4) is 0 Å². The first-order valence-corrected chi connectivity index (χ1v) is 6.56. The second-order valence-corrected chi connectivity index (χ2v) is 6.27. The van der Waals surface area contributed by atoms with Gasteiger partial charge in [0.1, 0.15) is 0 Å². The SMILES string of the molecule is CC1Sc2cc(C(C)(C)C(=O)O)ccc2NC1=O. The number of hydrogen-bond donors (Lipinski definition) is 2. The van der Waals surface area contributed by atoms with Crippen LogP contribution >= 0.6 is 11.8 Å². The molecule has 0 spiro atoms. The average Bonchev–Trinajstić information content (AvgIpc) is 2.29. The molecule has 1 aliphatic heterocycles. The number of carbonyl (C=O) groups is 2. The zero-order chi connectivity index (χ0) is 13.5. The molecular weight excluding hydrogens is 250 g/mol. The molecule has 0 saturated heterocycles. The number of hydrogen-bond acceptors (Lipinski definition) is 3. The van der Waals surface area contributed by atoms with E-state index in [4.69, 9.17) is 0 Å². The minimum absolute atomic E-state index is 0.0160. The highest BCUT2D eigenvalue weighted by Gasteiger charge is 2.31. The van der Waals surface area contributed by atoms with Gasteiger partial charge in [-0.15, -0.1) is 11.8 Å². The number of fused-ring (bicyclic) bond motifs is 1. The number of aliphatic carboxylic acids is 1. The monoisotopic (exact) mass is 265 g/mol. The molecule has 1 aromatic rings. The molecule has 96 valence electrons. The van der Waals surface area contributed by atoms with Gasteiger partial charge < -0.3 is 10.4 Å². The van der Waals surface area contributed by atoms with Gasteiger partial charge in [-0.1, -0.05) is 6.07 Å². The molecule has 1 atom stereocenters. The standard InChI is InChI=1S/C13H15NO3S/c1-7-11(15)14-9-5-4-8(6-10(9)18-7)13(2,3)12(16)17/h4-7H,1-3H3,(H,14,15)(H,16,17). The Morgan fingerprint density at radius 1 is 1.44 bits per heavy atom. The fourth-order valence-corrected chi connectivity index (χ4v) is 2.70. The lowest BCUT2D eigenvalue weighted by Gasteiger charge is -2.25. The van der Waals surface area contributed by atoms with Crippen LogP contribution in [0.2, 0.25) is 0 Å². The van der Waals surface area contributed by atoms with Gasteiger partial charge in [0.05, 0.1) is 16.4 Å². The Bertz CT molecular complexity index is 525. The van der Waals surface area contributed by atoms with Crippen molar-refractivity contribution >= 4 is 29.3 Å². The van der Waals surface area contributed by atoms with Crippen molar-refractivity contribution in [1.82, 2.24) is 0 Å². The maximum Gasteiger partial charge on any atom is 0.313 e. The molecule has 1 unspecified atom stereocenters. The first-order valence-electron chi connectivity index (χ1n) is 5.68. The van der Waals surface area contributed by atoms with Crippen molar-refractivity contribution < 1.29 is 14.7 Å². The summed E-state index contributed by atoms with van der Waals surface area (Å²) in [4.78, 5) is 23.7. The average molecular weight is 265 g/mol. The summed E-state index contributed by atoms with van der Waals surface area (Å²) in [6, 6.07) is 5.37. The van der Waals surface area contributed by atoms with E-state index in [9.17, 15) is 14.7 Å². The summed E-state index contributed by atoms with van der Waals surface area (Å²) >= 11 is 1.46. The third-order valence-electron chi connectivity index (χ3n) is 3.17. The maximum atomic E-state index is 11.5. The summed E-state index contributed by atoms with van der Waals surface area (Å²) in [6.45, 7) is 5.18. The fraction of sp³-hybridized carbons (Fsp3) is 0.385. The van der Waals surface area contributed by atoms with E-state index in [2.05, 4.69) is 5.32 Å². The first-order chi connectivity index (χ1) is 8.32. The Balaban J connectivity index is 2.42. The molecule has 0 aliphatic carbocycles. The molecule has 1 aromatic carbocycles. The molecule has 0 saturated carbocycles. The van der Waals surface area contributed by atoms with E-state index in [1.54, 1.807) is 26.0 Å². The van der Waals surface area contributed by atoms with Crippen molar-refractivity contribution in [3.63, 3.8) is 0 Å². The summed E-state index contributed by atoms with van der Waals surface area (Å²) in [6.07, 6.45) is 0. The predicted octanol–water partition coefficient (Wildman–Crippen LogP) is 2.48. The van der Waals surface area contributed by atoms with Gasteiger partial charge >= 0.3 is 5.97 Å². The molecule has 4 nitrogen and oxygen atoms in total. The Labute approximate surface area is 110 Å². The van der Waals surface area contributed by atoms with Crippen LogP contribution in [-0.2, 0) is 15.0 Å². The molecular formula is C13H15NO3S. The number of benzene rings is 1. The lowest BCUT2D eigenvalue weighted by molar-refractivity contribution is -0.142. The van der Waals surface area contributed by atoms with Crippen molar-refractivity contribution in [1.29, 1.82) is 0 Å². The van der Waals surface area contributed by atoms with E-state index in [-0.39, 0.29) is 11.2 Å². The van der Waals surface area contributed by atoms with E-state index in [0.717, 1.165) is 16.1 Å². The summed E-state index contributed by atoms with van der Waals surface area (Å²) in [5, 5.41) is 11.9. The van der Waals surface area contributed by atoms with Gasteiger partial charge in [-0.05, 0) is 38.5 Å². The van der Waals surface area contributed by atoms with Crippen LogP contribution in [0.5, 0.6) is 0 Å². The van der Waals surface area contributed by atoms with Crippen LogP contribution in [-0.4, -0.2) is 22.2 Å². The van der Waals surface area contributed by atoms with Crippen LogP contribution in [0, 0.1) is 0 Å². The molecule has 2 rings (SSSR count).